The van der Waals surface area contributed by atoms with Crippen LogP contribution in [0.15, 0.2) is 39.9 Å². The van der Waals surface area contributed by atoms with Crippen LogP contribution in [-0.2, 0) is 19.5 Å². The van der Waals surface area contributed by atoms with Crippen molar-refractivity contribution in [1.82, 2.24) is 24.8 Å². The number of hydrogen-bond donors (Lipinski definition) is 2. The van der Waals surface area contributed by atoms with E-state index in [4.69, 9.17) is 0 Å². The van der Waals surface area contributed by atoms with E-state index in [1.807, 2.05) is 17.0 Å². The summed E-state index contributed by atoms with van der Waals surface area (Å²) < 4.78 is 27.5. The third-order valence-corrected chi connectivity index (χ3v) is 6.24. The third kappa shape index (κ3) is 5.24. The van der Waals surface area contributed by atoms with Gasteiger partial charge in [-0.25, -0.2) is 18.6 Å². The van der Waals surface area contributed by atoms with E-state index in [1.54, 1.807) is 25.1 Å². The van der Waals surface area contributed by atoms with Crippen LogP contribution in [0.3, 0.4) is 0 Å². The van der Waals surface area contributed by atoms with Crippen molar-refractivity contribution in [2.24, 2.45) is 0 Å². The molecule has 4 rings (SSSR count). The van der Waals surface area contributed by atoms with Gasteiger partial charge in [-0.3, -0.25) is 19.1 Å². The second-order valence-electron chi connectivity index (χ2n) is 8.46. The van der Waals surface area contributed by atoms with E-state index < -0.39 is 24.4 Å². The van der Waals surface area contributed by atoms with Crippen molar-refractivity contribution in [2.75, 3.05) is 38.1 Å². The highest BCUT2D eigenvalue weighted by atomic mass is 19.3. The number of nitrogens with zero attached hydrogens (tertiary/aromatic N) is 4. The molecule has 0 radical (unpaired) electrons. The van der Waals surface area contributed by atoms with Crippen LogP contribution in [0, 0.1) is 0 Å². The zero-order chi connectivity index (χ0) is 25.1. The van der Waals surface area contributed by atoms with Gasteiger partial charge in [-0.2, -0.15) is 0 Å². The Bertz CT molecular complexity index is 1350. The van der Waals surface area contributed by atoms with Crippen molar-refractivity contribution in [1.29, 1.82) is 0 Å². The number of alkyl halides is 2. The van der Waals surface area contributed by atoms with Crippen LogP contribution in [0.25, 0.3) is 10.9 Å². The van der Waals surface area contributed by atoms with Crippen LogP contribution in [-0.4, -0.2) is 65.0 Å². The van der Waals surface area contributed by atoms with Crippen LogP contribution >= 0.6 is 0 Å². The third-order valence-electron chi connectivity index (χ3n) is 6.24. The van der Waals surface area contributed by atoms with Crippen molar-refractivity contribution >= 4 is 22.5 Å². The Morgan fingerprint density at radius 1 is 1.14 bits per heavy atom. The summed E-state index contributed by atoms with van der Waals surface area (Å²) in [7, 11) is 1.47. The summed E-state index contributed by atoms with van der Waals surface area (Å²) in [6.07, 6.45) is -3.08. The minimum atomic E-state index is -2.57. The molecule has 2 N–H and O–H groups in total. The van der Waals surface area contributed by atoms with E-state index in [0.717, 1.165) is 5.56 Å². The molecule has 1 aliphatic heterocycles. The molecular weight excluding hydrogens is 458 g/mol. The number of amides is 1. The number of fused-ring (bicyclic) bond motifs is 1. The molecule has 11 heteroatoms. The molecule has 0 aliphatic carbocycles. The first kappa shape index (κ1) is 24.5. The van der Waals surface area contributed by atoms with Crippen molar-refractivity contribution in [3.05, 3.63) is 68.1 Å². The maximum Gasteiger partial charge on any atom is 0.328 e. The number of anilines is 1. The molecule has 0 saturated carbocycles. The average molecular weight is 487 g/mol. The number of hydrogen-bond acceptors (Lipinski definition) is 6. The first-order valence-electron chi connectivity index (χ1n) is 11.5. The number of carbonyl (C=O) groups is 1. The minimum absolute atomic E-state index is 0.116. The highest BCUT2D eigenvalue weighted by Gasteiger charge is 2.23. The van der Waals surface area contributed by atoms with Gasteiger partial charge in [-0.05, 0) is 36.8 Å². The van der Waals surface area contributed by atoms with Gasteiger partial charge < -0.3 is 15.2 Å². The van der Waals surface area contributed by atoms with Gasteiger partial charge in [0, 0.05) is 46.3 Å². The lowest BCUT2D eigenvalue weighted by atomic mass is 10.1. The van der Waals surface area contributed by atoms with E-state index in [-0.39, 0.29) is 16.9 Å². The summed E-state index contributed by atoms with van der Waals surface area (Å²) in [5.41, 5.74) is 1.70. The lowest BCUT2D eigenvalue weighted by Crippen LogP contribution is -2.46. The molecule has 0 unspecified atom stereocenters. The summed E-state index contributed by atoms with van der Waals surface area (Å²) in [4.78, 5) is 47.7. The zero-order valence-electron chi connectivity index (χ0n) is 19.7. The summed E-state index contributed by atoms with van der Waals surface area (Å²) >= 11 is 0. The Kier molecular flexibility index (Phi) is 7.25. The highest BCUT2D eigenvalue weighted by molar-refractivity contribution is 5.92. The lowest BCUT2D eigenvalue weighted by Gasteiger charge is -2.37. The first-order valence-corrected chi connectivity index (χ1v) is 11.5. The maximum atomic E-state index is 13.2. The fraction of sp³-hybridized carbons (Fsp3) is 0.417. The fourth-order valence-corrected chi connectivity index (χ4v) is 4.43. The summed E-state index contributed by atoms with van der Waals surface area (Å²) in [5.74, 6) is -0.415. The van der Waals surface area contributed by atoms with Crippen molar-refractivity contribution < 1.29 is 13.6 Å². The zero-order valence-corrected chi connectivity index (χ0v) is 19.7. The number of pyridine rings is 1. The number of nitrogens with one attached hydrogen (secondary N) is 2. The van der Waals surface area contributed by atoms with Crippen LogP contribution in [0.1, 0.15) is 28.7 Å². The van der Waals surface area contributed by atoms with Gasteiger partial charge in [-0.1, -0.05) is 6.07 Å². The molecule has 2 aromatic heterocycles. The molecule has 1 amide bonds. The van der Waals surface area contributed by atoms with Gasteiger partial charge >= 0.3 is 5.69 Å². The summed E-state index contributed by atoms with van der Waals surface area (Å²) in [5, 5.41) is 2.94. The predicted molar refractivity (Wildman–Crippen MR) is 129 cm³/mol. The van der Waals surface area contributed by atoms with Gasteiger partial charge in [0.15, 0.2) is 0 Å². The molecule has 1 aliphatic rings. The molecule has 3 aromatic rings. The van der Waals surface area contributed by atoms with Crippen LogP contribution in [0.4, 0.5) is 14.5 Å². The normalized spacial score (nSPS) is 14.6. The van der Waals surface area contributed by atoms with Crippen molar-refractivity contribution in [3.8, 4) is 0 Å². The number of benzene rings is 1. The Morgan fingerprint density at radius 2 is 1.89 bits per heavy atom. The molecule has 0 bridgehead atoms. The molecule has 35 heavy (non-hydrogen) atoms. The molecule has 0 spiro atoms. The van der Waals surface area contributed by atoms with Crippen molar-refractivity contribution in [3.63, 3.8) is 0 Å². The Morgan fingerprint density at radius 3 is 2.54 bits per heavy atom. The van der Waals surface area contributed by atoms with Gasteiger partial charge in [-0.15, -0.1) is 0 Å². The number of piperazine rings is 1. The van der Waals surface area contributed by atoms with Crippen LogP contribution in [0.2, 0.25) is 0 Å². The molecule has 1 aromatic carbocycles. The summed E-state index contributed by atoms with van der Waals surface area (Å²) in [6, 6.07) is 8.69. The van der Waals surface area contributed by atoms with E-state index >= 15 is 0 Å². The van der Waals surface area contributed by atoms with Crippen LogP contribution < -0.4 is 21.5 Å². The molecule has 3 heterocycles. The van der Waals surface area contributed by atoms with Crippen molar-refractivity contribution in [2.45, 2.75) is 32.9 Å². The second kappa shape index (κ2) is 10.3. The van der Waals surface area contributed by atoms with Gasteiger partial charge in [0.1, 0.15) is 5.69 Å². The van der Waals surface area contributed by atoms with Gasteiger partial charge in [0.25, 0.3) is 11.5 Å². The van der Waals surface area contributed by atoms with Gasteiger partial charge in [0.05, 0.1) is 28.7 Å². The Labute approximate surface area is 200 Å². The van der Waals surface area contributed by atoms with Crippen LogP contribution in [0.5, 0.6) is 0 Å². The van der Waals surface area contributed by atoms with E-state index in [0.29, 0.717) is 55.9 Å². The number of aromatic amines is 1. The number of halogens is 2. The van der Waals surface area contributed by atoms with E-state index in [1.165, 1.54) is 11.6 Å². The number of carbonyl (C=O) groups excluding carboxylic acids is 1. The molecule has 0 atom stereocenters. The van der Waals surface area contributed by atoms with E-state index in [2.05, 4.69) is 20.2 Å². The first-order chi connectivity index (χ1) is 16.8. The SMILES string of the molecule is CCn1c(=O)[nH]c2cc(CN3CCN(c4ccc(C(=O)NC)nc4CC(F)F)CC3)ccc2c1=O. The second-order valence-corrected chi connectivity index (χ2v) is 8.46. The smallest absolute Gasteiger partial charge is 0.328 e. The summed E-state index contributed by atoms with van der Waals surface area (Å²) in [6.45, 7) is 5.29. The topological polar surface area (TPSA) is 103 Å². The largest absolute Gasteiger partial charge is 0.367 e. The lowest BCUT2D eigenvalue weighted by molar-refractivity contribution is 0.0956. The quantitative estimate of drug-likeness (QED) is 0.526. The molecule has 9 nitrogen and oxygen atoms in total. The highest BCUT2D eigenvalue weighted by Crippen LogP contribution is 2.24. The van der Waals surface area contributed by atoms with Gasteiger partial charge in [0.2, 0.25) is 6.43 Å². The minimum Gasteiger partial charge on any atom is -0.367 e. The Hall–Kier alpha value is -3.60. The number of rotatable bonds is 7. The van der Waals surface area contributed by atoms with E-state index in [9.17, 15) is 23.2 Å². The average Bonchev–Trinajstić information content (AvgIpc) is 2.84. The standard InChI is InChI=1S/C24H28F2N6O3/c1-3-32-23(34)16-5-4-15(12-18(16)29-24(32)35)14-30-8-10-31(11-9-30)20-7-6-17(22(33)27-2)28-19(20)13-21(25)26/h4-7,12,21H,3,8-11,13-14H2,1-2H3,(H,27,33)(H,29,35). The number of H-pyrrole nitrogens is 1. The molecule has 186 valence electrons. The monoisotopic (exact) mass is 486 g/mol. The molecule has 1 fully saturated rings. The number of aromatic nitrogens is 3. The predicted octanol–water partition coefficient (Wildman–Crippen LogP) is 1.59. The molecule has 1 saturated heterocycles. The molecular formula is C24H28F2N6O3. The Balaban J connectivity index is 1.47. The fourth-order valence-electron chi connectivity index (χ4n) is 4.43. The maximum absolute atomic E-state index is 13.2.